The van der Waals surface area contributed by atoms with Crippen molar-refractivity contribution in [2.24, 2.45) is 0 Å². The van der Waals surface area contributed by atoms with Crippen LogP contribution in [0.2, 0.25) is 0 Å². The second-order valence-corrected chi connectivity index (χ2v) is 6.98. The number of H-pyrrole nitrogens is 1. The Morgan fingerprint density at radius 1 is 1.25 bits per heavy atom. The molecule has 1 heterocycles. The van der Waals surface area contributed by atoms with E-state index in [1.54, 1.807) is 19.6 Å². The van der Waals surface area contributed by atoms with Gasteiger partial charge in [-0.15, -0.1) is 0 Å². The fourth-order valence-electron chi connectivity index (χ4n) is 3.80. The van der Waals surface area contributed by atoms with Crippen LogP contribution in [-0.2, 0) is 11.2 Å². The fourth-order valence-corrected chi connectivity index (χ4v) is 3.80. The van der Waals surface area contributed by atoms with Crippen LogP contribution in [-0.4, -0.2) is 23.0 Å². The van der Waals surface area contributed by atoms with Crippen LogP contribution < -0.4 is 10.1 Å². The van der Waals surface area contributed by atoms with Gasteiger partial charge in [-0.3, -0.25) is 4.79 Å². The van der Waals surface area contributed by atoms with Crippen LogP contribution in [0.15, 0.2) is 60.6 Å². The Morgan fingerprint density at radius 2 is 2.11 bits per heavy atom. The highest BCUT2D eigenvalue weighted by Gasteiger charge is 2.23. The number of amides is 1. The molecular formula is C23H23N3O2. The van der Waals surface area contributed by atoms with Gasteiger partial charge in [-0.05, 0) is 48.6 Å². The van der Waals surface area contributed by atoms with E-state index >= 15 is 0 Å². The predicted molar refractivity (Wildman–Crippen MR) is 110 cm³/mol. The average Bonchev–Trinajstić information content (AvgIpc) is 3.38. The number of nitrogens with one attached hydrogen (secondary N) is 2. The number of rotatable bonds is 5. The van der Waals surface area contributed by atoms with Crippen molar-refractivity contribution >= 4 is 12.0 Å². The van der Waals surface area contributed by atoms with Crippen molar-refractivity contribution < 1.29 is 9.53 Å². The topological polar surface area (TPSA) is 67.0 Å². The summed E-state index contributed by atoms with van der Waals surface area (Å²) >= 11 is 0. The van der Waals surface area contributed by atoms with Crippen LogP contribution in [0.5, 0.6) is 5.75 Å². The van der Waals surface area contributed by atoms with Crippen LogP contribution in [0.3, 0.4) is 0 Å². The van der Waals surface area contributed by atoms with Gasteiger partial charge in [0.2, 0.25) is 5.91 Å². The van der Waals surface area contributed by atoms with E-state index in [4.69, 9.17) is 4.74 Å². The lowest BCUT2D eigenvalue weighted by molar-refractivity contribution is -0.118. The van der Waals surface area contributed by atoms with E-state index in [0.717, 1.165) is 35.4 Å². The molecule has 142 valence electrons. The number of hydrogen-bond donors (Lipinski definition) is 2. The molecule has 1 aliphatic rings. The summed E-state index contributed by atoms with van der Waals surface area (Å²) in [6.45, 7) is 1.84. The quantitative estimate of drug-likeness (QED) is 0.656. The number of aryl methyl sites for hydroxylation is 1. The number of nitrogens with zero attached hydrogens (tertiary/aromatic N) is 1. The molecule has 0 saturated heterocycles. The Bertz CT molecular complexity index is 1020. The van der Waals surface area contributed by atoms with Crippen molar-refractivity contribution in [2.45, 2.75) is 25.8 Å². The zero-order valence-electron chi connectivity index (χ0n) is 16.0. The van der Waals surface area contributed by atoms with Gasteiger partial charge in [0, 0.05) is 11.1 Å². The first-order valence-electron chi connectivity index (χ1n) is 9.40. The molecule has 2 N–H and O–H groups in total. The van der Waals surface area contributed by atoms with Crippen molar-refractivity contribution in [1.82, 2.24) is 15.3 Å². The van der Waals surface area contributed by atoms with E-state index in [-0.39, 0.29) is 11.9 Å². The lowest BCUT2D eigenvalue weighted by Gasteiger charge is -2.15. The Balaban J connectivity index is 1.60. The third-order valence-electron chi connectivity index (χ3n) is 5.21. The molecule has 0 spiro atoms. The number of hydrogen-bond acceptors (Lipinski definition) is 3. The van der Waals surface area contributed by atoms with Gasteiger partial charge in [0.15, 0.2) is 0 Å². The third kappa shape index (κ3) is 3.43. The zero-order chi connectivity index (χ0) is 19.5. The molecule has 5 nitrogen and oxygen atoms in total. The molecule has 0 bridgehead atoms. The van der Waals surface area contributed by atoms with E-state index in [2.05, 4.69) is 27.4 Å². The summed E-state index contributed by atoms with van der Waals surface area (Å²) < 4.78 is 5.52. The third-order valence-corrected chi connectivity index (χ3v) is 5.21. The number of fused-ring (bicyclic) bond motifs is 1. The molecule has 5 heteroatoms. The molecule has 4 rings (SSSR count). The van der Waals surface area contributed by atoms with Crippen LogP contribution in [0.1, 0.15) is 36.1 Å². The van der Waals surface area contributed by atoms with Gasteiger partial charge >= 0.3 is 0 Å². The lowest BCUT2D eigenvalue weighted by atomic mass is 10.0. The van der Waals surface area contributed by atoms with Crippen molar-refractivity contribution in [1.29, 1.82) is 0 Å². The van der Waals surface area contributed by atoms with Crippen LogP contribution >= 0.6 is 0 Å². The molecule has 1 amide bonds. The van der Waals surface area contributed by atoms with Gasteiger partial charge in [0.1, 0.15) is 5.75 Å². The zero-order valence-corrected chi connectivity index (χ0v) is 16.0. The summed E-state index contributed by atoms with van der Waals surface area (Å²) in [6.07, 6.45) is 7.22. The summed E-state index contributed by atoms with van der Waals surface area (Å²) in [5.74, 6) is 0.677. The van der Waals surface area contributed by atoms with Gasteiger partial charge in [-0.25, -0.2) is 4.98 Å². The highest BCUT2D eigenvalue weighted by atomic mass is 16.5. The number of ether oxygens (including phenoxy) is 1. The molecule has 2 aromatic carbocycles. The minimum absolute atomic E-state index is 0.0555. The number of aromatic amines is 1. The van der Waals surface area contributed by atoms with Gasteiger partial charge in [-0.1, -0.05) is 36.4 Å². The van der Waals surface area contributed by atoms with Gasteiger partial charge in [-0.2, -0.15) is 0 Å². The molecule has 1 unspecified atom stereocenters. The largest absolute Gasteiger partial charge is 0.496 e. The number of carbonyl (C=O) groups is 1. The number of methoxy groups -OCH3 is 1. The molecule has 0 aliphatic heterocycles. The SMILES string of the molecule is COc1cccc(/C=C(\C)C(=O)NC2CCc3ccccc32)c1-c1cnc[nH]1. The molecule has 1 aliphatic carbocycles. The van der Waals surface area contributed by atoms with E-state index in [1.807, 2.05) is 43.3 Å². The fraction of sp³-hybridized carbons (Fsp3) is 0.217. The molecule has 28 heavy (non-hydrogen) atoms. The molecule has 1 atom stereocenters. The number of imidazole rings is 1. The Hall–Kier alpha value is -3.34. The maximum atomic E-state index is 12.8. The van der Waals surface area contributed by atoms with Crippen LogP contribution in [0.4, 0.5) is 0 Å². The van der Waals surface area contributed by atoms with Gasteiger partial charge < -0.3 is 15.0 Å². The minimum Gasteiger partial charge on any atom is -0.496 e. The Morgan fingerprint density at radius 3 is 2.89 bits per heavy atom. The van der Waals surface area contributed by atoms with E-state index in [0.29, 0.717) is 5.57 Å². The Labute approximate surface area is 164 Å². The van der Waals surface area contributed by atoms with Crippen LogP contribution in [0.25, 0.3) is 17.3 Å². The maximum absolute atomic E-state index is 12.8. The monoisotopic (exact) mass is 373 g/mol. The maximum Gasteiger partial charge on any atom is 0.247 e. The summed E-state index contributed by atoms with van der Waals surface area (Å²) in [5.41, 5.74) is 5.84. The summed E-state index contributed by atoms with van der Waals surface area (Å²) in [4.78, 5) is 20.1. The van der Waals surface area contributed by atoms with E-state index in [9.17, 15) is 4.79 Å². The molecular weight excluding hydrogens is 350 g/mol. The summed E-state index contributed by atoms with van der Waals surface area (Å²) in [7, 11) is 1.64. The molecule has 3 aromatic rings. The van der Waals surface area contributed by atoms with E-state index < -0.39 is 0 Å². The number of aromatic nitrogens is 2. The summed E-state index contributed by atoms with van der Waals surface area (Å²) in [6, 6.07) is 14.2. The predicted octanol–water partition coefficient (Wildman–Crippen LogP) is 4.29. The standard InChI is InChI=1S/C23H23N3O2/c1-15(23(27)26-19-11-10-16-6-3-4-8-18(16)19)12-17-7-5-9-21(28-2)22(17)20-13-24-14-25-20/h3-9,12-14,19H,10-11H2,1-2H3,(H,24,25)(H,26,27)/b15-12+. The number of benzene rings is 2. The van der Waals surface area contributed by atoms with Crippen molar-refractivity contribution in [2.75, 3.05) is 7.11 Å². The highest BCUT2D eigenvalue weighted by Crippen LogP contribution is 2.34. The smallest absolute Gasteiger partial charge is 0.247 e. The molecule has 1 aromatic heterocycles. The summed E-state index contributed by atoms with van der Waals surface area (Å²) in [5, 5.41) is 3.18. The second-order valence-electron chi connectivity index (χ2n) is 6.98. The normalized spacial score (nSPS) is 15.9. The van der Waals surface area contributed by atoms with Gasteiger partial charge in [0.05, 0.1) is 31.4 Å². The first kappa shape index (κ1) is 18.0. The number of carbonyl (C=O) groups excluding carboxylic acids is 1. The highest BCUT2D eigenvalue weighted by molar-refractivity contribution is 5.98. The molecule has 0 fully saturated rings. The minimum atomic E-state index is -0.0555. The molecule has 0 saturated carbocycles. The van der Waals surface area contributed by atoms with Crippen LogP contribution in [0, 0.1) is 0 Å². The average molecular weight is 373 g/mol. The Kier molecular flexibility index (Phi) is 4.98. The second kappa shape index (κ2) is 7.72. The van der Waals surface area contributed by atoms with Crippen molar-refractivity contribution in [3.05, 3.63) is 77.3 Å². The van der Waals surface area contributed by atoms with Crippen molar-refractivity contribution in [3.8, 4) is 17.0 Å². The lowest BCUT2D eigenvalue weighted by Crippen LogP contribution is -2.27. The molecule has 0 radical (unpaired) electrons. The first-order chi connectivity index (χ1) is 13.7. The van der Waals surface area contributed by atoms with E-state index in [1.165, 1.54) is 11.1 Å². The van der Waals surface area contributed by atoms with Gasteiger partial charge in [0.25, 0.3) is 0 Å². The first-order valence-corrected chi connectivity index (χ1v) is 9.40. The van der Waals surface area contributed by atoms with Crippen molar-refractivity contribution in [3.63, 3.8) is 0 Å².